The van der Waals surface area contributed by atoms with E-state index in [1.165, 1.54) is 24.3 Å². The number of rotatable bonds is 6. The minimum absolute atomic E-state index is 0.179. The summed E-state index contributed by atoms with van der Waals surface area (Å²) in [7, 11) is 0. The summed E-state index contributed by atoms with van der Waals surface area (Å²) in [6.07, 6.45) is 5.44. The highest BCUT2D eigenvalue weighted by molar-refractivity contribution is 6.02. The Morgan fingerprint density at radius 2 is 1.71 bits per heavy atom. The number of carbonyl (C=O) groups is 2. The number of amides is 2. The number of nitrogens with two attached hydrogens (primary N) is 1. The zero-order valence-corrected chi connectivity index (χ0v) is 16.1. The molecular weight excluding hydrogens is 364 g/mol. The van der Waals surface area contributed by atoms with Crippen LogP contribution in [0.25, 0.3) is 0 Å². The number of urea groups is 1. The first-order chi connectivity index (χ1) is 13.4. The zero-order chi connectivity index (χ0) is 20.1. The molecule has 3 N–H and O–H groups in total. The van der Waals surface area contributed by atoms with E-state index in [1.54, 1.807) is 0 Å². The van der Waals surface area contributed by atoms with Crippen LogP contribution in [0.2, 0.25) is 0 Å². The monoisotopic (exact) mass is 393 g/mol. The van der Waals surface area contributed by atoms with Crippen molar-refractivity contribution in [1.29, 1.82) is 0 Å². The lowest BCUT2D eigenvalue weighted by molar-refractivity contribution is 0.0404. The minimum Gasteiger partial charge on any atom is -0.352 e. The molecule has 5 nitrogen and oxygen atoms in total. The van der Waals surface area contributed by atoms with Crippen LogP contribution in [0.4, 0.5) is 13.6 Å². The molecule has 1 saturated carbocycles. The predicted molar refractivity (Wildman–Crippen MR) is 103 cm³/mol. The van der Waals surface area contributed by atoms with Gasteiger partial charge in [0.2, 0.25) is 0 Å². The molecular formula is C21H29F2N3O2. The van der Waals surface area contributed by atoms with Gasteiger partial charge in [0.25, 0.3) is 0 Å². The number of benzene rings is 1. The van der Waals surface area contributed by atoms with Crippen LogP contribution in [0.3, 0.4) is 0 Å². The highest BCUT2D eigenvalue weighted by Crippen LogP contribution is 2.32. The first-order valence-corrected chi connectivity index (χ1v) is 10.1. The van der Waals surface area contributed by atoms with E-state index in [-0.39, 0.29) is 24.4 Å². The third-order valence-electron chi connectivity index (χ3n) is 6.21. The second-order valence-corrected chi connectivity index (χ2v) is 8.16. The molecule has 2 fully saturated rings. The maximum absolute atomic E-state index is 15.2. The molecule has 0 aromatic heterocycles. The van der Waals surface area contributed by atoms with E-state index >= 15 is 4.39 Å². The first kappa shape index (κ1) is 20.7. The Balaban J connectivity index is 1.41. The summed E-state index contributed by atoms with van der Waals surface area (Å²) in [5, 5.41) is 2.78. The number of primary amides is 1. The molecule has 3 rings (SSSR count). The van der Waals surface area contributed by atoms with Crippen LogP contribution in [0.1, 0.15) is 55.3 Å². The SMILES string of the molecule is NC(=O)NC1CCC(CCN2CCC(F)(C(=O)c3ccc(F)cc3)CC2)CC1. The van der Waals surface area contributed by atoms with Crippen LogP contribution in [-0.4, -0.2) is 48.1 Å². The van der Waals surface area contributed by atoms with Gasteiger partial charge >= 0.3 is 6.03 Å². The largest absolute Gasteiger partial charge is 0.352 e. The summed E-state index contributed by atoms with van der Waals surface area (Å²) in [5.41, 5.74) is 3.55. The van der Waals surface area contributed by atoms with Gasteiger partial charge in [-0.3, -0.25) is 4.79 Å². The predicted octanol–water partition coefficient (Wildman–Crippen LogP) is 3.43. The van der Waals surface area contributed by atoms with Gasteiger partial charge in [0.1, 0.15) is 5.82 Å². The summed E-state index contributed by atoms with van der Waals surface area (Å²) < 4.78 is 28.2. The molecule has 0 unspecified atom stereocenters. The molecule has 28 heavy (non-hydrogen) atoms. The standard InChI is InChI=1S/C21H29F2N3O2/c22-17-5-3-16(4-6-17)19(27)21(23)10-13-26(14-11-21)12-9-15-1-7-18(8-2-15)25-20(24)28/h3-6,15,18H,1-2,7-14H2,(H3,24,25,28). The average molecular weight is 393 g/mol. The number of hydrogen-bond acceptors (Lipinski definition) is 3. The van der Waals surface area contributed by atoms with Crippen molar-refractivity contribution in [2.45, 2.75) is 56.7 Å². The second kappa shape index (κ2) is 8.99. The van der Waals surface area contributed by atoms with Crippen molar-refractivity contribution in [2.75, 3.05) is 19.6 Å². The van der Waals surface area contributed by atoms with Gasteiger partial charge in [0.05, 0.1) is 0 Å². The molecule has 1 aromatic rings. The molecule has 0 bridgehead atoms. The number of nitrogens with zero attached hydrogens (tertiary/aromatic N) is 1. The van der Waals surface area contributed by atoms with Crippen molar-refractivity contribution in [2.24, 2.45) is 11.7 Å². The van der Waals surface area contributed by atoms with E-state index in [4.69, 9.17) is 5.73 Å². The van der Waals surface area contributed by atoms with E-state index < -0.39 is 23.3 Å². The van der Waals surface area contributed by atoms with Crippen molar-refractivity contribution < 1.29 is 18.4 Å². The smallest absolute Gasteiger partial charge is 0.312 e. The number of hydrogen-bond donors (Lipinski definition) is 2. The van der Waals surface area contributed by atoms with Crippen molar-refractivity contribution in [3.05, 3.63) is 35.6 Å². The maximum atomic E-state index is 15.2. The molecule has 2 aliphatic rings. The molecule has 1 saturated heterocycles. The van der Waals surface area contributed by atoms with Crippen molar-refractivity contribution in [1.82, 2.24) is 10.2 Å². The van der Waals surface area contributed by atoms with Crippen molar-refractivity contribution >= 4 is 11.8 Å². The topological polar surface area (TPSA) is 75.4 Å². The van der Waals surface area contributed by atoms with Crippen molar-refractivity contribution in [3.63, 3.8) is 0 Å². The van der Waals surface area contributed by atoms with E-state index in [9.17, 15) is 14.0 Å². The Kier molecular flexibility index (Phi) is 6.65. The Morgan fingerprint density at radius 1 is 1.11 bits per heavy atom. The van der Waals surface area contributed by atoms with E-state index in [0.717, 1.165) is 38.6 Å². The van der Waals surface area contributed by atoms with Gasteiger partial charge in [-0.2, -0.15) is 0 Å². The van der Waals surface area contributed by atoms with E-state index in [0.29, 0.717) is 19.0 Å². The molecule has 154 valence electrons. The Labute approximate surface area is 164 Å². The van der Waals surface area contributed by atoms with Crippen LogP contribution in [-0.2, 0) is 0 Å². The lowest BCUT2D eigenvalue weighted by Crippen LogP contribution is -2.47. The second-order valence-electron chi connectivity index (χ2n) is 8.16. The highest BCUT2D eigenvalue weighted by Gasteiger charge is 2.41. The molecule has 1 aliphatic carbocycles. The Morgan fingerprint density at radius 3 is 2.29 bits per heavy atom. The summed E-state index contributed by atoms with van der Waals surface area (Å²) in [5.74, 6) is -0.352. The molecule has 1 aromatic carbocycles. The molecule has 2 amide bonds. The summed E-state index contributed by atoms with van der Waals surface area (Å²) in [6.45, 7) is 2.02. The van der Waals surface area contributed by atoms with Crippen LogP contribution < -0.4 is 11.1 Å². The number of likely N-dealkylation sites (tertiary alicyclic amines) is 1. The number of nitrogens with one attached hydrogen (secondary N) is 1. The fourth-order valence-corrected chi connectivity index (χ4v) is 4.38. The van der Waals surface area contributed by atoms with Crippen LogP contribution in [0.15, 0.2) is 24.3 Å². The summed E-state index contributed by atoms with van der Waals surface area (Å²) in [4.78, 5) is 25.6. The lowest BCUT2D eigenvalue weighted by atomic mass is 9.83. The minimum atomic E-state index is -1.85. The van der Waals surface area contributed by atoms with E-state index in [1.807, 2.05) is 0 Å². The zero-order valence-electron chi connectivity index (χ0n) is 16.1. The van der Waals surface area contributed by atoms with Gasteiger partial charge in [-0.15, -0.1) is 0 Å². The van der Waals surface area contributed by atoms with Crippen molar-refractivity contribution in [3.8, 4) is 0 Å². The maximum Gasteiger partial charge on any atom is 0.312 e. The number of alkyl halides is 1. The molecule has 1 aliphatic heterocycles. The van der Waals surface area contributed by atoms with Gasteiger partial charge < -0.3 is 16.0 Å². The normalized spacial score (nSPS) is 25.2. The third kappa shape index (κ3) is 5.28. The van der Waals surface area contributed by atoms with Crippen LogP contribution in [0.5, 0.6) is 0 Å². The van der Waals surface area contributed by atoms with Crippen LogP contribution >= 0.6 is 0 Å². The molecule has 0 radical (unpaired) electrons. The van der Waals surface area contributed by atoms with Crippen LogP contribution in [0, 0.1) is 11.7 Å². The van der Waals surface area contributed by atoms with Gasteiger partial charge in [-0.25, -0.2) is 13.6 Å². The first-order valence-electron chi connectivity index (χ1n) is 10.1. The average Bonchev–Trinajstić information content (AvgIpc) is 2.68. The van der Waals surface area contributed by atoms with Gasteiger partial charge in [-0.05, 0) is 68.8 Å². The molecule has 0 atom stereocenters. The molecule has 7 heteroatoms. The Bertz CT molecular complexity index is 679. The lowest BCUT2D eigenvalue weighted by Gasteiger charge is -2.36. The van der Waals surface area contributed by atoms with Gasteiger partial charge in [0.15, 0.2) is 11.5 Å². The highest BCUT2D eigenvalue weighted by atomic mass is 19.1. The Hall–Kier alpha value is -2.02. The summed E-state index contributed by atoms with van der Waals surface area (Å²) in [6, 6.07) is 4.83. The van der Waals surface area contributed by atoms with E-state index in [2.05, 4.69) is 10.2 Å². The quantitative estimate of drug-likeness (QED) is 0.727. The molecule has 0 spiro atoms. The van der Waals surface area contributed by atoms with Gasteiger partial charge in [-0.1, -0.05) is 0 Å². The number of carbonyl (C=O) groups excluding carboxylic acids is 2. The number of piperidine rings is 1. The number of ketones is 1. The number of Topliss-reactive ketones (excluding diaryl/α,β-unsaturated/α-hetero) is 1. The van der Waals surface area contributed by atoms with Gasteiger partial charge in [0, 0.05) is 37.5 Å². The third-order valence-corrected chi connectivity index (χ3v) is 6.21. The fraction of sp³-hybridized carbons (Fsp3) is 0.619. The number of halogens is 2. The summed E-state index contributed by atoms with van der Waals surface area (Å²) >= 11 is 0. The molecule has 1 heterocycles. The fourth-order valence-electron chi connectivity index (χ4n) is 4.38.